The summed E-state index contributed by atoms with van der Waals surface area (Å²) in [6, 6.07) is 6.36. The molecular weight excluding hydrogens is 314 g/mol. The van der Waals surface area contributed by atoms with Crippen molar-refractivity contribution < 1.29 is 9.59 Å². The third-order valence-corrected chi connectivity index (χ3v) is 4.87. The van der Waals surface area contributed by atoms with Crippen LogP contribution in [0.1, 0.15) is 57.6 Å². The quantitative estimate of drug-likeness (QED) is 0.892. The van der Waals surface area contributed by atoms with E-state index in [0.717, 1.165) is 5.69 Å². The Balaban J connectivity index is 2.03. The van der Waals surface area contributed by atoms with Gasteiger partial charge in [0.2, 0.25) is 11.8 Å². The average molecular weight is 345 g/mol. The summed E-state index contributed by atoms with van der Waals surface area (Å²) in [6.07, 6.45) is 0. The van der Waals surface area contributed by atoms with E-state index >= 15 is 0 Å². The molecule has 0 aliphatic carbocycles. The predicted molar refractivity (Wildman–Crippen MR) is 102 cm³/mol. The van der Waals surface area contributed by atoms with E-state index in [-0.39, 0.29) is 11.8 Å². The fraction of sp³-hybridized carbons (Fsp3) is 0.600. The largest absolute Gasteiger partial charge is 0.376 e. The van der Waals surface area contributed by atoms with Crippen molar-refractivity contribution in [3.8, 4) is 0 Å². The van der Waals surface area contributed by atoms with Gasteiger partial charge in [-0.15, -0.1) is 0 Å². The summed E-state index contributed by atoms with van der Waals surface area (Å²) < 4.78 is 0. The van der Waals surface area contributed by atoms with Crippen molar-refractivity contribution >= 4 is 17.5 Å². The van der Waals surface area contributed by atoms with Crippen LogP contribution in [0, 0.1) is 0 Å². The third kappa shape index (κ3) is 4.74. The van der Waals surface area contributed by atoms with Crippen LogP contribution in [0.4, 0.5) is 5.69 Å². The lowest BCUT2D eigenvalue weighted by molar-refractivity contribution is -0.137. The maximum atomic E-state index is 12.6. The molecule has 2 rings (SSSR count). The first-order valence-electron chi connectivity index (χ1n) is 9.21. The third-order valence-electron chi connectivity index (χ3n) is 4.87. The average Bonchev–Trinajstić information content (AvgIpc) is 2.59. The summed E-state index contributed by atoms with van der Waals surface area (Å²) in [6.45, 7) is 13.0. The number of para-hydroxylation sites is 1. The maximum absolute atomic E-state index is 12.6. The molecule has 0 aromatic heterocycles. The lowest BCUT2D eigenvalue weighted by Crippen LogP contribution is -2.51. The number of carbonyl (C=O) groups is 2. The van der Waals surface area contributed by atoms with Crippen molar-refractivity contribution in [3.05, 3.63) is 29.3 Å². The Kier molecular flexibility index (Phi) is 6.45. The van der Waals surface area contributed by atoms with E-state index in [9.17, 15) is 9.59 Å². The summed E-state index contributed by atoms with van der Waals surface area (Å²) in [5.41, 5.74) is 3.60. The van der Waals surface area contributed by atoms with Gasteiger partial charge in [-0.25, -0.2) is 0 Å². The van der Waals surface area contributed by atoms with E-state index in [4.69, 9.17) is 0 Å². The maximum Gasteiger partial charge on any atom is 0.241 e. The van der Waals surface area contributed by atoms with Crippen LogP contribution in [0.2, 0.25) is 0 Å². The molecule has 138 valence electrons. The molecule has 0 atom stereocenters. The second-order valence-corrected chi connectivity index (χ2v) is 7.36. The molecule has 1 aliphatic heterocycles. The number of rotatable bonds is 5. The number of hydrogen-bond donors (Lipinski definition) is 1. The molecular formula is C20H31N3O2. The first kappa shape index (κ1) is 19.3. The normalized spacial score (nSPS) is 15.0. The number of piperazine rings is 1. The summed E-state index contributed by atoms with van der Waals surface area (Å²) in [7, 11) is 0. The monoisotopic (exact) mass is 345 g/mol. The number of hydrogen-bond acceptors (Lipinski definition) is 3. The lowest BCUT2D eigenvalue weighted by atomic mass is 9.92. The number of carbonyl (C=O) groups excluding carboxylic acids is 2. The second kappa shape index (κ2) is 8.37. The van der Waals surface area contributed by atoms with E-state index in [2.05, 4.69) is 51.2 Å². The van der Waals surface area contributed by atoms with Gasteiger partial charge in [-0.3, -0.25) is 9.59 Å². The lowest BCUT2D eigenvalue weighted by Gasteiger charge is -2.34. The molecule has 0 unspecified atom stereocenters. The molecule has 1 N–H and O–H groups in total. The molecule has 1 aliphatic rings. The molecule has 1 saturated heterocycles. The summed E-state index contributed by atoms with van der Waals surface area (Å²) in [4.78, 5) is 27.6. The molecule has 2 amide bonds. The molecule has 1 fully saturated rings. The van der Waals surface area contributed by atoms with Crippen LogP contribution in [0.3, 0.4) is 0 Å². The van der Waals surface area contributed by atoms with Gasteiger partial charge in [0.05, 0.1) is 6.54 Å². The summed E-state index contributed by atoms with van der Waals surface area (Å²) >= 11 is 0. The number of anilines is 1. The Morgan fingerprint density at radius 3 is 1.88 bits per heavy atom. The molecule has 5 heteroatoms. The van der Waals surface area contributed by atoms with Crippen LogP contribution < -0.4 is 5.32 Å². The molecule has 5 nitrogen and oxygen atoms in total. The highest BCUT2D eigenvalue weighted by molar-refractivity contribution is 5.82. The van der Waals surface area contributed by atoms with E-state index in [1.165, 1.54) is 11.1 Å². The molecule has 0 bridgehead atoms. The highest BCUT2D eigenvalue weighted by atomic mass is 16.2. The van der Waals surface area contributed by atoms with Crippen molar-refractivity contribution in [2.45, 2.75) is 46.5 Å². The minimum atomic E-state index is 0.0812. The van der Waals surface area contributed by atoms with E-state index < -0.39 is 0 Å². The molecule has 1 aromatic rings. The van der Waals surface area contributed by atoms with Crippen LogP contribution in [0.5, 0.6) is 0 Å². The standard InChI is InChI=1S/C20H31N3O2/c1-14(2)17-7-6-8-18(15(3)4)20(17)21-13-19(25)23-11-9-22(10-12-23)16(5)24/h6-8,14-15,21H,9-13H2,1-5H3. The van der Waals surface area contributed by atoms with E-state index in [0.29, 0.717) is 44.6 Å². The van der Waals surface area contributed by atoms with Crippen molar-refractivity contribution in [1.29, 1.82) is 0 Å². The Morgan fingerprint density at radius 1 is 0.960 bits per heavy atom. The Bertz CT molecular complexity index is 591. The second-order valence-electron chi connectivity index (χ2n) is 7.36. The SMILES string of the molecule is CC(=O)N1CCN(C(=O)CNc2c(C(C)C)cccc2C(C)C)CC1. The zero-order valence-corrected chi connectivity index (χ0v) is 16.1. The van der Waals surface area contributed by atoms with Crippen LogP contribution in [-0.4, -0.2) is 54.3 Å². The van der Waals surface area contributed by atoms with Gasteiger partial charge >= 0.3 is 0 Å². The smallest absolute Gasteiger partial charge is 0.241 e. The van der Waals surface area contributed by atoms with E-state index in [1.54, 1.807) is 11.8 Å². The van der Waals surface area contributed by atoms with Crippen molar-refractivity contribution in [2.24, 2.45) is 0 Å². The minimum absolute atomic E-state index is 0.0812. The number of benzene rings is 1. The van der Waals surface area contributed by atoms with Gasteiger partial charge in [0.25, 0.3) is 0 Å². The van der Waals surface area contributed by atoms with Crippen LogP contribution in [0.25, 0.3) is 0 Å². The van der Waals surface area contributed by atoms with Gasteiger partial charge in [0.15, 0.2) is 0 Å². The minimum Gasteiger partial charge on any atom is -0.376 e. The fourth-order valence-corrected chi connectivity index (χ4v) is 3.30. The fourth-order valence-electron chi connectivity index (χ4n) is 3.30. The topological polar surface area (TPSA) is 52.7 Å². The van der Waals surface area contributed by atoms with Crippen molar-refractivity contribution in [2.75, 3.05) is 38.0 Å². The van der Waals surface area contributed by atoms with Gasteiger partial charge in [-0.05, 0) is 23.0 Å². The molecule has 0 radical (unpaired) electrons. The Morgan fingerprint density at radius 2 is 1.44 bits per heavy atom. The molecule has 0 saturated carbocycles. The highest BCUT2D eigenvalue weighted by Gasteiger charge is 2.22. The van der Waals surface area contributed by atoms with E-state index in [1.807, 2.05) is 4.90 Å². The first-order chi connectivity index (χ1) is 11.8. The molecule has 1 aromatic carbocycles. The van der Waals surface area contributed by atoms with Crippen molar-refractivity contribution in [3.63, 3.8) is 0 Å². The number of nitrogens with one attached hydrogen (secondary N) is 1. The van der Waals surface area contributed by atoms with Crippen molar-refractivity contribution in [1.82, 2.24) is 9.80 Å². The Hall–Kier alpha value is -2.04. The molecule has 25 heavy (non-hydrogen) atoms. The summed E-state index contributed by atoms with van der Waals surface area (Å²) in [5, 5.41) is 3.40. The number of amides is 2. The summed E-state index contributed by atoms with van der Waals surface area (Å²) in [5.74, 6) is 0.972. The van der Waals surface area contributed by atoms with Gasteiger partial charge < -0.3 is 15.1 Å². The Labute approximate surface area is 151 Å². The molecule has 1 heterocycles. The van der Waals surface area contributed by atoms with Crippen LogP contribution >= 0.6 is 0 Å². The highest BCUT2D eigenvalue weighted by Crippen LogP contribution is 2.32. The van der Waals surface area contributed by atoms with Crippen LogP contribution in [-0.2, 0) is 9.59 Å². The predicted octanol–water partition coefficient (Wildman–Crippen LogP) is 3.04. The van der Waals surface area contributed by atoms with Gasteiger partial charge in [0, 0.05) is 38.8 Å². The van der Waals surface area contributed by atoms with Gasteiger partial charge in [-0.2, -0.15) is 0 Å². The zero-order valence-electron chi connectivity index (χ0n) is 16.1. The van der Waals surface area contributed by atoms with Crippen LogP contribution in [0.15, 0.2) is 18.2 Å². The molecule has 0 spiro atoms. The number of nitrogens with zero attached hydrogens (tertiary/aromatic N) is 2. The van der Waals surface area contributed by atoms with Gasteiger partial charge in [-0.1, -0.05) is 45.9 Å². The first-order valence-corrected chi connectivity index (χ1v) is 9.21. The van der Waals surface area contributed by atoms with Gasteiger partial charge in [0.1, 0.15) is 0 Å². The zero-order chi connectivity index (χ0) is 18.6.